The van der Waals surface area contributed by atoms with Crippen LogP contribution < -0.4 is 25.5 Å². The molecule has 224 valence electrons. The molecule has 2 heterocycles. The van der Waals surface area contributed by atoms with E-state index in [9.17, 15) is 24.5 Å². The molecule has 1 aliphatic rings. The van der Waals surface area contributed by atoms with Gasteiger partial charge in [-0.15, -0.1) is 0 Å². The Morgan fingerprint density at radius 1 is 1.19 bits per heavy atom. The molecule has 1 aliphatic heterocycles. The van der Waals surface area contributed by atoms with Crippen molar-refractivity contribution in [3.8, 4) is 22.8 Å². The minimum Gasteiger partial charge on any atom is -0.493 e. The summed E-state index contributed by atoms with van der Waals surface area (Å²) in [6.07, 6.45) is 1.24. The number of nitro benzene ring substituents is 1. The number of hydrogen-bond acceptors (Lipinski definition) is 10. The number of ether oxygens (including phenoxy) is 3. The van der Waals surface area contributed by atoms with E-state index in [4.69, 9.17) is 18.6 Å². The highest BCUT2D eigenvalue weighted by Crippen LogP contribution is 2.35. The zero-order valence-corrected chi connectivity index (χ0v) is 24.7. The average molecular weight is 656 g/mol. The van der Waals surface area contributed by atoms with Gasteiger partial charge in [0.2, 0.25) is 0 Å². The first-order valence-corrected chi connectivity index (χ1v) is 13.5. The maximum atomic E-state index is 12.6. The fraction of sp³-hybridized carbons (Fsp3) is 0.214. The number of nitro groups is 1. The van der Waals surface area contributed by atoms with E-state index < -0.39 is 35.5 Å². The lowest BCUT2D eigenvalue weighted by Crippen LogP contribution is -2.45. The number of allylic oxidation sites excluding steroid dienone is 1. The van der Waals surface area contributed by atoms with Gasteiger partial charge in [-0.1, -0.05) is 22.0 Å². The van der Waals surface area contributed by atoms with Gasteiger partial charge in [-0.25, -0.2) is 15.0 Å². The SMILES string of the molecule is CCOC(=O)C1=C(C)NC(=O)N[C@@H]1c1ccc(OCC(=O)N/N=C\c2ccc(-c3ccc(Br)cc3[N+](=O)[O-])o2)c(OC)c1. The third-order valence-corrected chi connectivity index (χ3v) is 6.57. The number of carbonyl (C=O) groups is 3. The fourth-order valence-electron chi connectivity index (χ4n) is 4.18. The predicted molar refractivity (Wildman–Crippen MR) is 156 cm³/mol. The van der Waals surface area contributed by atoms with Gasteiger partial charge >= 0.3 is 12.0 Å². The molecule has 0 saturated heterocycles. The number of carbonyl (C=O) groups excluding carboxylic acids is 3. The third-order valence-electron chi connectivity index (χ3n) is 6.07. The summed E-state index contributed by atoms with van der Waals surface area (Å²) in [7, 11) is 1.41. The molecule has 0 unspecified atom stereocenters. The maximum absolute atomic E-state index is 12.6. The summed E-state index contributed by atoms with van der Waals surface area (Å²) < 4.78 is 22.3. The van der Waals surface area contributed by atoms with Crippen molar-refractivity contribution in [3.05, 3.63) is 85.7 Å². The molecule has 1 aromatic heterocycles. The van der Waals surface area contributed by atoms with Crippen LogP contribution in [0.25, 0.3) is 11.3 Å². The van der Waals surface area contributed by atoms with Crippen LogP contribution in [0.3, 0.4) is 0 Å². The van der Waals surface area contributed by atoms with Gasteiger partial charge in [-0.2, -0.15) is 5.10 Å². The van der Waals surface area contributed by atoms with Crippen LogP contribution in [0.1, 0.15) is 31.2 Å². The number of hydrazone groups is 1. The summed E-state index contributed by atoms with van der Waals surface area (Å²) in [6, 6.07) is 11.2. The molecule has 0 saturated carbocycles. The van der Waals surface area contributed by atoms with Crippen molar-refractivity contribution in [2.24, 2.45) is 5.10 Å². The van der Waals surface area contributed by atoms with E-state index in [0.29, 0.717) is 15.7 Å². The number of nitrogens with zero attached hydrogens (tertiary/aromatic N) is 2. The van der Waals surface area contributed by atoms with Crippen LogP contribution in [0.15, 0.2) is 73.8 Å². The summed E-state index contributed by atoms with van der Waals surface area (Å²) in [6.45, 7) is 3.03. The van der Waals surface area contributed by atoms with E-state index >= 15 is 0 Å². The summed E-state index contributed by atoms with van der Waals surface area (Å²) in [5.41, 5.74) is 3.60. The molecule has 43 heavy (non-hydrogen) atoms. The highest BCUT2D eigenvalue weighted by atomic mass is 79.9. The highest BCUT2D eigenvalue weighted by Gasteiger charge is 2.32. The second kappa shape index (κ2) is 13.7. The number of methoxy groups -OCH3 is 1. The van der Waals surface area contributed by atoms with Crippen molar-refractivity contribution < 1.29 is 37.9 Å². The fourth-order valence-corrected chi connectivity index (χ4v) is 4.53. The summed E-state index contributed by atoms with van der Waals surface area (Å²) >= 11 is 3.21. The zero-order valence-electron chi connectivity index (χ0n) is 23.1. The Morgan fingerprint density at radius 2 is 1.98 bits per heavy atom. The van der Waals surface area contributed by atoms with Gasteiger partial charge in [-0.3, -0.25) is 14.9 Å². The Kier molecular flexibility index (Phi) is 9.77. The van der Waals surface area contributed by atoms with E-state index in [2.05, 4.69) is 37.1 Å². The zero-order chi connectivity index (χ0) is 31.1. The lowest BCUT2D eigenvalue weighted by Gasteiger charge is -2.28. The van der Waals surface area contributed by atoms with Crippen LogP contribution in [0.2, 0.25) is 0 Å². The summed E-state index contributed by atoms with van der Waals surface area (Å²) in [5, 5.41) is 20.5. The predicted octanol–water partition coefficient (Wildman–Crippen LogP) is 4.35. The molecule has 0 aliphatic carbocycles. The van der Waals surface area contributed by atoms with Crippen LogP contribution in [-0.4, -0.2) is 49.4 Å². The molecular formula is C28H26BrN5O9. The lowest BCUT2D eigenvalue weighted by molar-refractivity contribution is -0.384. The molecule has 4 rings (SSSR count). The Hall–Kier alpha value is -5.18. The van der Waals surface area contributed by atoms with E-state index in [-0.39, 0.29) is 46.5 Å². The van der Waals surface area contributed by atoms with Gasteiger partial charge < -0.3 is 29.3 Å². The number of amides is 3. The number of benzene rings is 2. The van der Waals surface area contributed by atoms with Crippen molar-refractivity contribution in [2.45, 2.75) is 19.9 Å². The van der Waals surface area contributed by atoms with Crippen LogP contribution in [0, 0.1) is 10.1 Å². The molecular weight excluding hydrogens is 630 g/mol. The van der Waals surface area contributed by atoms with Crippen molar-refractivity contribution >= 4 is 45.7 Å². The van der Waals surface area contributed by atoms with Gasteiger partial charge in [0.25, 0.3) is 11.6 Å². The van der Waals surface area contributed by atoms with E-state index in [1.807, 2.05) is 0 Å². The molecule has 14 nitrogen and oxygen atoms in total. The maximum Gasteiger partial charge on any atom is 0.338 e. The number of urea groups is 1. The van der Waals surface area contributed by atoms with E-state index in [1.54, 1.807) is 56.3 Å². The molecule has 3 N–H and O–H groups in total. The third kappa shape index (κ3) is 7.37. The van der Waals surface area contributed by atoms with Crippen LogP contribution >= 0.6 is 15.9 Å². The van der Waals surface area contributed by atoms with Crippen molar-refractivity contribution in [3.63, 3.8) is 0 Å². The Morgan fingerprint density at radius 3 is 2.70 bits per heavy atom. The Bertz CT molecular complexity index is 1630. The van der Waals surface area contributed by atoms with E-state index in [0.717, 1.165) is 0 Å². The van der Waals surface area contributed by atoms with Crippen molar-refractivity contribution in [1.29, 1.82) is 0 Å². The summed E-state index contributed by atoms with van der Waals surface area (Å²) in [4.78, 5) is 47.9. The Balaban J connectivity index is 1.39. The second-order valence-electron chi connectivity index (χ2n) is 8.90. The number of nitrogens with one attached hydrogen (secondary N) is 3. The average Bonchev–Trinajstić information content (AvgIpc) is 3.44. The Labute approximate surface area is 253 Å². The first kappa shape index (κ1) is 30.8. The minimum absolute atomic E-state index is 0.132. The molecule has 2 aromatic carbocycles. The number of hydrogen-bond donors (Lipinski definition) is 3. The van der Waals surface area contributed by atoms with Crippen LogP contribution in [0.4, 0.5) is 10.5 Å². The van der Waals surface area contributed by atoms with E-state index in [1.165, 1.54) is 19.4 Å². The van der Waals surface area contributed by atoms with Gasteiger partial charge in [-0.05, 0) is 55.8 Å². The van der Waals surface area contributed by atoms with Gasteiger partial charge in [0.05, 0.1) is 42.0 Å². The van der Waals surface area contributed by atoms with Crippen LogP contribution in [-0.2, 0) is 14.3 Å². The molecule has 0 fully saturated rings. The first-order valence-electron chi connectivity index (χ1n) is 12.7. The molecule has 3 aromatic rings. The second-order valence-corrected chi connectivity index (χ2v) is 9.82. The normalized spacial score (nSPS) is 14.6. The number of esters is 1. The van der Waals surface area contributed by atoms with Crippen LogP contribution in [0.5, 0.6) is 11.5 Å². The monoisotopic (exact) mass is 655 g/mol. The standard InChI is InChI=1S/C28H26BrN5O9/c1-4-41-27(36)25-15(2)31-28(37)32-26(25)16-5-9-22(23(11-16)40-3)42-14-24(35)33-30-13-18-7-10-21(43-18)19-8-6-17(29)12-20(19)34(38)39/h5-13,26H,4,14H2,1-3H3,(H,33,35)(H2,31,32,37)/b30-13-/t26-/m1/s1. The molecule has 3 amide bonds. The summed E-state index contributed by atoms with van der Waals surface area (Å²) in [5.74, 6) is -0.165. The van der Waals surface area contributed by atoms with Crippen molar-refractivity contribution in [2.75, 3.05) is 20.3 Å². The molecule has 0 radical (unpaired) electrons. The topological polar surface area (TPSA) is 184 Å². The smallest absolute Gasteiger partial charge is 0.338 e. The molecule has 0 bridgehead atoms. The number of halogens is 1. The van der Waals surface area contributed by atoms with Gasteiger partial charge in [0, 0.05) is 16.2 Å². The lowest BCUT2D eigenvalue weighted by atomic mass is 9.95. The quantitative estimate of drug-likeness (QED) is 0.117. The number of rotatable bonds is 11. The molecule has 0 spiro atoms. The van der Waals surface area contributed by atoms with Gasteiger partial charge in [0.1, 0.15) is 11.5 Å². The highest BCUT2D eigenvalue weighted by molar-refractivity contribution is 9.10. The van der Waals surface area contributed by atoms with Gasteiger partial charge in [0.15, 0.2) is 18.1 Å². The molecule has 15 heteroatoms. The first-order chi connectivity index (χ1) is 20.6. The number of furan rings is 1. The van der Waals surface area contributed by atoms with Crippen molar-refractivity contribution in [1.82, 2.24) is 16.1 Å². The largest absolute Gasteiger partial charge is 0.493 e. The minimum atomic E-state index is -0.801. The molecule has 1 atom stereocenters.